The highest BCUT2D eigenvalue weighted by Crippen LogP contribution is 2.41. The zero-order chi connectivity index (χ0) is 29.5. The molecule has 2 atom stereocenters. The summed E-state index contributed by atoms with van der Waals surface area (Å²) in [5, 5.41) is 18.1. The molecule has 2 aromatic carbocycles. The number of benzene rings is 2. The Morgan fingerprint density at radius 2 is 1.93 bits per heavy atom. The number of amides is 2. The first-order chi connectivity index (χ1) is 19.5. The molecule has 2 amide bonds. The first-order valence-corrected chi connectivity index (χ1v) is 13.3. The molecule has 0 radical (unpaired) electrons. The molecular formula is C29H31F2N7O3. The van der Waals surface area contributed by atoms with E-state index in [1.165, 1.54) is 11.2 Å². The fraction of sp³-hybridized carbons (Fsp3) is 0.345. The van der Waals surface area contributed by atoms with Crippen molar-refractivity contribution in [3.63, 3.8) is 0 Å². The van der Waals surface area contributed by atoms with E-state index in [0.717, 1.165) is 18.2 Å². The number of hydrogen-bond acceptors (Lipinski definition) is 6. The predicted molar refractivity (Wildman–Crippen MR) is 149 cm³/mol. The third-order valence-corrected chi connectivity index (χ3v) is 7.39. The summed E-state index contributed by atoms with van der Waals surface area (Å²) in [5.41, 5.74) is 7.94. The largest absolute Gasteiger partial charge is 0.465 e. The second-order valence-corrected chi connectivity index (χ2v) is 11.3. The molecule has 12 heteroatoms. The van der Waals surface area contributed by atoms with Crippen molar-refractivity contribution in [3.05, 3.63) is 71.6 Å². The molecule has 41 heavy (non-hydrogen) atoms. The molecule has 5 rings (SSSR count). The van der Waals surface area contributed by atoms with Gasteiger partial charge >= 0.3 is 6.09 Å². The molecule has 0 saturated carbocycles. The number of likely N-dealkylation sites (tertiary alicyclic amines) is 1. The number of nitrogens with one attached hydrogen (secondary N) is 1. The number of aromatic nitrogens is 4. The van der Waals surface area contributed by atoms with Crippen LogP contribution >= 0.6 is 0 Å². The van der Waals surface area contributed by atoms with Gasteiger partial charge in [0.15, 0.2) is 5.65 Å². The maximum atomic E-state index is 14.0. The van der Waals surface area contributed by atoms with Gasteiger partial charge in [-0.15, -0.1) is 0 Å². The van der Waals surface area contributed by atoms with Crippen LogP contribution in [0.2, 0.25) is 0 Å². The number of nitrogens with two attached hydrogens (primary N) is 1. The summed E-state index contributed by atoms with van der Waals surface area (Å²) >= 11 is 0. The van der Waals surface area contributed by atoms with Gasteiger partial charge in [0.1, 0.15) is 29.5 Å². The molecule has 0 aliphatic carbocycles. The molecule has 1 unspecified atom stereocenters. The highest BCUT2D eigenvalue weighted by Gasteiger charge is 2.44. The Bertz CT molecular complexity index is 1630. The highest BCUT2D eigenvalue weighted by molar-refractivity contribution is 5.98. The lowest BCUT2D eigenvalue weighted by Crippen LogP contribution is -2.54. The van der Waals surface area contributed by atoms with Crippen LogP contribution in [0, 0.1) is 17.0 Å². The highest BCUT2D eigenvalue weighted by atomic mass is 19.1. The van der Waals surface area contributed by atoms with Crippen molar-refractivity contribution in [2.45, 2.75) is 52.2 Å². The van der Waals surface area contributed by atoms with Gasteiger partial charge in [-0.3, -0.25) is 4.79 Å². The number of carbonyl (C=O) groups excluding carboxylic acids is 1. The van der Waals surface area contributed by atoms with Crippen molar-refractivity contribution in [2.75, 3.05) is 12.3 Å². The number of nitrogens with zero attached hydrogens (tertiary/aromatic N) is 5. The quantitative estimate of drug-likeness (QED) is 0.310. The minimum atomic E-state index is -0.978. The lowest BCUT2D eigenvalue weighted by molar-refractivity contribution is 0.0249. The van der Waals surface area contributed by atoms with Gasteiger partial charge in [0.25, 0.3) is 5.91 Å². The van der Waals surface area contributed by atoms with Crippen LogP contribution < -0.4 is 11.1 Å². The molecule has 1 aliphatic heterocycles. The molecule has 4 aromatic rings. The zero-order valence-electron chi connectivity index (χ0n) is 22.9. The van der Waals surface area contributed by atoms with Crippen molar-refractivity contribution in [1.82, 2.24) is 30.0 Å². The number of carboxylic acid groups (broad SMARTS) is 1. The molecule has 4 N–H and O–H groups in total. The van der Waals surface area contributed by atoms with Crippen LogP contribution in [-0.4, -0.2) is 54.3 Å². The van der Waals surface area contributed by atoms with Gasteiger partial charge in [0.05, 0.1) is 23.0 Å². The number of rotatable bonds is 5. The van der Waals surface area contributed by atoms with E-state index in [-0.39, 0.29) is 35.4 Å². The Balaban J connectivity index is 1.52. The van der Waals surface area contributed by atoms with E-state index in [1.54, 1.807) is 16.8 Å². The summed E-state index contributed by atoms with van der Waals surface area (Å²) in [6, 6.07) is 9.26. The maximum Gasteiger partial charge on any atom is 0.407 e. The second kappa shape index (κ2) is 10.8. The molecule has 1 saturated heterocycles. The van der Waals surface area contributed by atoms with Crippen LogP contribution in [0.5, 0.6) is 0 Å². The van der Waals surface area contributed by atoms with Crippen molar-refractivity contribution in [2.24, 2.45) is 5.41 Å². The molecule has 0 spiro atoms. The Morgan fingerprint density at radius 3 is 2.66 bits per heavy atom. The minimum Gasteiger partial charge on any atom is -0.465 e. The van der Waals surface area contributed by atoms with Crippen molar-refractivity contribution < 1.29 is 23.5 Å². The van der Waals surface area contributed by atoms with Crippen molar-refractivity contribution in [1.29, 1.82) is 0 Å². The van der Waals surface area contributed by atoms with Gasteiger partial charge in [0.2, 0.25) is 0 Å². The molecule has 3 heterocycles. The van der Waals surface area contributed by atoms with Gasteiger partial charge in [-0.1, -0.05) is 39.0 Å². The smallest absolute Gasteiger partial charge is 0.407 e. The summed E-state index contributed by atoms with van der Waals surface area (Å²) < 4.78 is 29.4. The van der Waals surface area contributed by atoms with E-state index < -0.39 is 23.6 Å². The Morgan fingerprint density at radius 1 is 1.15 bits per heavy atom. The van der Waals surface area contributed by atoms with Gasteiger partial charge in [-0.25, -0.2) is 28.2 Å². The van der Waals surface area contributed by atoms with E-state index >= 15 is 0 Å². The maximum absolute atomic E-state index is 14.0. The average molecular weight is 564 g/mol. The summed E-state index contributed by atoms with van der Waals surface area (Å²) in [6.07, 6.45) is 1.76. The average Bonchev–Trinajstić information content (AvgIpc) is 3.33. The fourth-order valence-corrected chi connectivity index (χ4v) is 5.70. The van der Waals surface area contributed by atoms with Crippen LogP contribution in [0.4, 0.5) is 19.4 Å². The Kier molecular flexibility index (Phi) is 7.33. The Labute approximate surface area is 235 Å². The van der Waals surface area contributed by atoms with E-state index in [4.69, 9.17) is 10.8 Å². The number of nitrogen functional groups attached to an aromatic ring is 1. The number of halogens is 2. The second-order valence-electron chi connectivity index (χ2n) is 11.3. The third kappa shape index (κ3) is 5.41. The summed E-state index contributed by atoms with van der Waals surface area (Å²) in [4.78, 5) is 34.9. The fourth-order valence-electron chi connectivity index (χ4n) is 5.70. The standard InChI is InChI=1S/C29H31F2N7O3/c1-29(2,3)24-21(8-5-11-37(24)28(40)41)38-26-22(25(32)34-15-35-26)23(36-38)17-7-4-6-16(12-17)14-33-27(39)19-13-18(30)9-10-20(19)31/h4,6-7,9-10,12-13,15,21,24H,5,8,11,14H2,1-3H3,(H,33,39)(H,40,41)(H2,32,34,35)/t21-,24?/m1/s1. The van der Waals surface area contributed by atoms with E-state index in [2.05, 4.69) is 15.3 Å². The van der Waals surface area contributed by atoms with Crippen molar-refractivity contribution >= 4 is 28.9 Å². The number of fused-ring (bicyclic) bond motifs is 1. The molecule has 214 valence electrons. The first-order valence-electron chi connectivity index (χ1n) is 13.3. The van der Waals surface area contributed by atoms with E-state index in [9.17, 15) is 23.5 Å². The summed E-state index contributed by atoms with van der Waals surface area (Å²) in [7, 11) is 0. The van der Waals surface area contributed by atoms with E-state index in [1.807, 2.05) is 32.9 Å². The SMILES string of the molecule is CC(C)(C)C1[C@H](n2nc(-c3cccc(CNC(=O)c4cc(F)ccc4F)c3)c3c(N)ncnc32)CCCN1C(=O)O. The first kappa shape index (κ1) is 27.9. The van der Waals surface area contributed by atoms with Crippen LogP contribution in [0.15, 0.2) is 48.8 Å². The molecule has 1 aliphatic rings. The van der Waals surface area contributed by atoms with Crippen LogP contribution in [0.25, 0.3) is 22.3 Å². The zero-order valence-corrected chi connectivity index (χ0v) is 22.9. The molecule has 2 aromatic heterocycles. The summed E-state index contributed by atoms with van der Waals surface area (Å²) in [6.45, 7) is 6.51. The van der Waals surface area contributed by atoms with E-state index in [0.29, 0.717) is 47.2 Å². The monoisotopic (exact) mass is 563 g/mol. The van der Waals surface area contributed by atoms with Crippen LogP contribution in [0.3, 0.4) is 0 Å². The van der Waals surface area contributed by atoms with Crippen molar-refractivity contribution in [3.8, 4) is 11.3 Å². The topological polar surface area (TPSA) is 139 Å². The third-order valence-electron chi connectivity index (χ3n) is 7.39. The van der Waals surface area contributed by atoms with Gasteiger partial charge in [-0.05, 0) is 48.1 Å². The normalized spacial score (nSPS) is 17.5. The number of anilines is 1. The minimum absolute atomic E-state index is 0.0511. The molecular weight excluding hydrogens is 532 g/mol. The van der Waals surface area contributed by atoms with Crippen LogP contribution in [0.1, 0.15) is 55.6 Å². The lowest BCUT2D eigenvalue weighted by atomic mass is 9.77. The Hall–Kier alpha value is -4.61. The van der Waals surface area contributed by atoms with Gasteiger partial charge in [0, 0.05) is 18.7 Å². The van der Waals surface area contributed by atoms with Gasteiger partial charge in [-0.2, -0.15) is 5.10 Å². The van der Waals surface area contributed by atoms with Gasteiger partial charge < -0.3 is 21.1 Å². The molecule has 0 bridgehead atoms. The number of piperidine rings is 1. The molecule has 1 fully saturated rings. The molecule has 10 nitrogen and oxygen atoms in total. The lowest BCUT2D eigenvalue weighted by Gasteiger charge is -2.46. The van der Waals surface area contributed by atoms with Crippen LogP contribution in [-0.2, 0) is 6.54 Å². The number of carbonyl (C=O) groups is 2. The number of hydrogen-bond donors (Lipinski definition) is 3. The predicted octanol–water partition coefficient (Wildman–Crippen LogP) is 5.01. The summed E-state index contributed by atoms with van der Waals surface area (Å²) in [5.74, 6) is -2.04.